The molecule has 0 spiro atoms. The number of nitrogens with two attached hydrogens (primary N) is 1. The number of nitrogen functional groups attached to an aromatic ring is 1. The zero-order chi connectivity index (χ0) is 14.4. The quantitative estimate of drug-likeness (QED) is 0.585. The number of anilines is 1. The van der Waals surface area contributed by atoms with Crippen LogP contribution in [0, 0.1) is 6.92 Å². The van der Waals surface area contributed by atoms with Crippen molar-refractivity contribution in [2.24, 2.45) is 0 Å². The standard InChI is InChI=1S/C16H13N5.ClH/c1-10-14-15(17)11-6-2-3-7-12(11)19-16(14)21(20-10)13-8-4-5-9-18-13;/h2-9H,1H3,(H2,17,19);1H. The monoisotopic (exact) mass is 311 g/mol. The van der Waals surface area contributed by atoms with E-state index >= 15 is 0 Å². The van der Waals surface area contributed by atoms with E-state index in [1.54, 1.807) is 10.9 Å². The van der Waals surface area contributed by atoms with Crippen molar-refractivity contribution in [2.75, 3.05) is 5.73 Å². The smallest absolute Gasteiger partial charge is 0.167 e. The molecule has 0 saturated carbocycles. The minimum absolute atomic E-state index is 0. The number of nitrogens with zero attached hydrogens (tertiary/aromatic N) is 4. The summed E-state index contributed by atoms with van der Waals surface area (Å²) in [7, 11) is 0. The van der Waals surface area contributed by atoms with Crippen molar-refractivity contribution in [1.82, 2.24) is 19.7 Å². The average Bonchev–Trinajstić information content (AvgIpc) is 2.86. The Kier molecular flexibility index (Phi) is 3.42. The summed E-state index contributed by atoms with van der Waals surface area (Å²) in [5.74, 6) is 0.734. The van der Waals surface area contributed by atoms with Crippen LogP contribution in [0.4, 0.5) is 5.69 Å². The first-order valence-corrected chi connectivity index (χ1v) is 6.70. The SMILES string of the molecule is Cc1nn(-c2ccccn2)c2nc3ccccc3c(N)c12.Cl. The molecule has 3 aromatic heterocycles. The molecule has 1 aromatic carbocycles. The maximum Gasteiger partial charge on any atom is 0.167 e. The minimum Gasteiger partial charge on any atom is -0.398 e. The second-order valence-electron chi connectivity index (χ2n) is 4.93. The molecular formula is C16H14ClN5. The number of halogens is 1. The number of aryl methyl sites for hydroxylation is 1. The number of aromatic nitrogens is 4. The minimum atomic E-state index is 0. The van der Waals surface area contributed by atoms with Crippen LogP contribution in [0.15, 0.2) is 48.7 Å². The highest BCUT2D eigenvalue weighted by atomic mass is 35.5. The summed E-state index contributed by atoms with van der Waals surface area (Å²) in [5, 5.41) is 6.40. The van der Waals surface area contributed by atoms with E-state index in [0.29, 0.717) is 0 Å². The number of para-hydroxylation sites is 1. The molecule has 0 amide bonds. The second kappa shape index (κ2) is 5.27. The Bertz CT molecular complexity index is 963. The van der Waals surface area contributed by atoms with Crippen LogP contribution in [0.3, 0.4) is 0 Å². The summed E-state index contributed by atoms with van der Waals surface area (Å²) in [6, 6.07) is 13.6. The van der Waals surface area contributed by atoms with Gasteiger partial charge in [-0.05, 0) is 25.1 Å². The van der Waals surface area contributed by atoms with Gasteiger partial charge >= 0.3 is 0 Å². The molecule has 6 heteroatoms. The molecule has 0 saturated heterocycles. The molecule has 4 rings (SSSR count). The summed E-state index contributed by atoms with van der Waals surface area (Å²) in [6.45, 7) is 1.94. The Morgan fingerprint density at radius 2 is 1.82 bits per heavy atom. The molecule has 0 fully saturated rings. The van der Waals surface area contributed by atoms with Gasteiger partial charge in [0.05, 0.1) is 22.3 Å². The number of hydrogen-bond donors (Lipinski definition) is 1. The lowest BCUT2D eigenvalue weighted by Crippen LogP contribution is -2.00. The van der Waals surface area contributed by atoms with E-state index in [1.807, 2.05) is 49.4 Å². The van der Waals surface area contributed by atoms with Crippen LogP contribution < -0.4 is 5.73 Å². The van der Waals surface area contributed by atoms with Gasteiger partial charge in [0.1, 0.15) is 0 Å². The van der Waals surface area contributed by atoms with Crippen LogP contribution >= 0.6 is 12.4 Å². The fourth-order valence-corrected chi connectivity index (χ4v) is 2.62. The highest BCUT2D eigenvalue weighted by Crippen LogP contribution is 2.31. The third kappa shape index (κ3) is 1.98. The first-order chi connectivity index (χ1) is 10.3. The number of pyridine rings is 2. The number of fused-ring (bicyclic) bond motifs is 2. The summed E-state index contributed by atoms with van der Waals surface area (Å²) in [4.78, 5) is 9.06. The average molecular weight is 312 g/mol. The Balaban J connectivity index is 0.00000144. The normalized spacial score (nSPS) is 10.8. The zero-order valence-electron chi connectivity index (χ0n) is 11.9. The summed E-state index contributed by atoms with van der Waals surface area (Å²) >= 11 is 0. The molecule has 0 aliphatic carbocycles. The van der Waals surface area contributed by atoms with Crippen molar-refractivity contribution in [2.45, 2.75) is 6.92 Å². The van der Waals surface area contributed by atoms with E-state index in [0.717, 1.165) is 39.1 Å². The van der Waals surface area contributed by atoms with Crippen molar-refractivity contribution in [3.63, 3.8) is 0 Å². The third-order valence-electron chi connectivity index (χ3n) is 3.59. The van der Waals surface area contributed by atoms with Crippen LogP contribution in [0.1, 0.15) is 5.69 Å². The van der Waals surface area contributed by atoms with Crippen molar-refractivity contribution in [3.8, 4) is 5.82 Å². The molecule has 0 bridgehead atoms. The van der Waals surface area contributed by atoms with Crippen molar-refractivity contribution in [3.05, 3.63) is 54.4 Å². The first-order valence-electron chi connectivity index (χ1n) is 6.70. The van der Waals surface area contributed by atoms with Gasteiger partial charge in [-0.1, -0.05) is 24.3 Å². The highest BCUT2D eigenvalue weighted by molar-refractivity contribution is 6.06. The van der Waals surface area contributed by atoms with Gasteiger partial charge in [0.2, 0.25) is 0 Å². The Labute approximate surface area is 133 Å². The van der Waals surface area contributed by atoms with Gasteiger partial charge in [-0.25, -0.2) is 9.97 Å². The van der Waals surface area contributed by atoms with Crippen LogP contribution in [0.2, 0.25) is 0 Å². The fraction of sp³-hybridized carbons (Fsp3) is 0.0625. The molecule has 3 heterocycles. The van der Waals surface area contributed by atoms with Crippen molar-refractivity contribution in [1.29, 1.82) is 0 Å². The molecule has 5 nitrogen and oxygen atoms in total. The maximum absolute atomic E-state index is 6.33. The van der Waals surface area contributed by atoms with Crippen LogP contribution in [0.5, 0.6) is 0 Å². The van der Waals surface area contributed by atoms with E-state index in [4.69, 9.17) is 10.7 Å². The third-order valence-corrected chi connectivity index (χ3v) is 3.59. The van der Waals surface area contributed by atoms with Crippen molar-refractivity contribution < 1.29 is 0 Å². The molecule has 0 atom stereocenters. The molecular weight excluding hydrogens is 298 g/mol. The van der Waals surface area contributed by atoms with E-state index in [1.165, 1.54) is 0 Å². The van der Waals surface area contributed by atoms with E-state index < -0.39 is 0 Å². The lowest BCUT2D eigenvalue weighted by Gasteiger charge is -2.05. The lowest BCUT2D eigenvalue weighted by atomic mass is 10.1. The molecule has 0 unspecified atom stereocenters. The van der Waals surface area contributed by atoms with Crippen molar-refractivity contribution >= 4 is 40.0 Å². The van der Waals surface area contributed by atoms with E-state index in [-0.39, 0.29) is 12.4 Å². The van der Waals surface area contributed by atoms with Gasteiger partial charge < -0.3 is 5.73 Å². The van der Waals surface area contributed by atoms with E-state index in [9.17, 15) is 0 Å². The van der Waals surface area contributed by atoms with Gasteiger partial charge in [0.15, 0.2) is 11.5 Å². The summed E-state index contributed by atoms with van der Waals surface area (Å²) in [5.41, 5.74) is 9.50. The van der Waals surface area contributed by atoms with Gasteiger partial charge in [-0.3, -0.25) is 0 Å². The predicted octanol–water partition coefficient (Wildman–Crippen LogP) is 3.28. The molecule has 2 N–H and O–H groups in total. The maximum atomic E-state index is 6.33. The molecule has 22 heavy (non-hydrogen) atoms. The van der Waals surface area contributed by atoms with Gasteiger partial charge in [-0.15, -0.1) is 12.4 Å². The topological polar surface area (TPSA) is 69.6 Å². The van der Waals surface area contributed by atoms with Gasteiger partial charge in [0, 0.05) is 11.6 Å². The Morgan fingerprint density at radius 1 is 1.05 bits per heavy atom. The van der Waals surface area contributed by atoms with Crippen LogP contribution in [-0.4, -0.2) is 19.7 Å². The first kappa shape index (κ1) is 14.3. The Morgan fingerprint density at radius 3 is 2.59 bits per heavy atom. The lowest BCUT2D eigenvalue weighted by molar-refractivity contribution is 0.849. The number of hydrogen-bond acceptors (Lipinski definition) is 4. The highest BCUT2D eigenvalue weighted by Gasteiger charge is 2.16. The van der Waals surface area contributed by atoms with Crippen LogP contribution in [0.25, 0.3) is 27.8 Å². The number of benzene rings is 1. The fourth-order valence-electron chi connectivity index (χ4n) is 2.62. The Hall–Kier alpha value is -2.66. The van der Waals surface area contributed by atoms with Gasteiger partial charge in [-0.2, -0.15) is 9.78 Å². The van der Waals surface area contributed by atoms with Crippen LogP contribution in [-0.2, 0) is 0 Å². The summed E-state index contributed by atoms with van der Waals surface area (Å²) < 4.78 is 1.74. The molecule has 0 aliphatic heterocycles. The summed E-state index contributed by atoms with van der Waals surface area (Å²) in [6.07, 6.45) is 1.74. The molecule has 0 radical (unpaired) electrons. The number of rotatable bonds is 1. The molecule has 110 valence electrons. The molecule has 0 aliphatic rings. The van der Waals surface area contributed by atoms with E-state index in [2.05, 4.69) is 10.1 Å². The molecule has 4 aromatic rings. The second-order valence-corrected chi connectivity index (χ2v) is 4.93. The van der Waals surface area contributed by atoms with Gasteiger partial charge in [0.25, 0.3) is 0 Å². The zero-order valence-corrected chi connectivity index (χ0v) is 12.7. The predicted molar refractivity (Wildman–Crippen MR) is 90.6 cm³/mol. The largest absolute Gasteiger partial charge is 0.398 e.